The fourth-order valence-corrected chi connectivity index (χ4v) is 5.79. The Morgan fingerprint density at radius 3 is 2.54 bits per heavy atom. The number of hydrogen-bond donors (Lipinski definition) is 0. The summed E-state index contributed by atoms with van der Waals surface area (Å²) in [6.45, 7) is 3.14. The molecule has 4 heterocycles. The minimum absolute atomic E-state index is 0.241. The van der Waals surface area contributed by atoms with Gasteiger partial charge >= 0.3 is 0 Å². The zero-order chi connectivity index (χ0) is 18.9. The largest absolute Gasteiger partial charge is 0.474 e. The predicted molar refractivity (Wildman–Crippen MR) is 108 cm³/mol. The first-order chi connectivity index (χ1) is 13.8. The lowest BCUT2D eigenvalue weighted by molar-refractivity contribution is -0.137. The molecule has 0 aromatic carbocycles. The van der Waals surface area contributed by atoms with E-state index in [1.165, 1.54) is 50.8 Å². The number of aromatic nitrogens is 1. The van der Waals surface area contributed by atoms with Gasteiger partial charge in [0.25, 0.3) is 0 Å². The summed E-state index contributed by atoms with van der Waals surface area (Å²) in [6.07, 6.45) is 13.2. The quantitative estimate of drug-likeness (QED) is 0.795. The summed E-state index contributed by atoms with van der Waals surface area (Å²) in [5.74, 6) is 1.09. The molecule has 1 atom stereocenters. The maximum atomic E-state index is 12.2. The average molecular weight is 384 g/mol. The molecule has 3 aliphatic heterocycles. The maximum absolute atomic E-state index is 12.2. The van der Waals surface area contributed by atoms with Gasteiger partial charge in [0.15, 0.2) is 0 Å². The molecule has 0 bridgehead atoms. The van der Waals surface area contributed by atoms with Crippen LogP contribution in [0.1, 0.15) is 81.5 Å². The van der Waals surface area contributed by atoms with Crippen LogP contribution in [0.4, 0.5) is 0 Å². The van der Waals surface area contributed by atoms with E-state index in [0.717, 1.165) is 56.3 Å². The Morgan fingerprint density at radius 2 is 1.71 bits per heavy atom. The van der Waals surface area contributed by atoms with Gasteiger partial charge in [-0.3, -0.25) is 4.79 Å². The number of carbonyl (C=O) groups excluding carboxylic acids is 1. The van der Waals surface area contributed by atoms with Crippen molar-refractivity contribution in [2.45, 2.75) is 88.8 Å². The molecule has 1 saturated carbocycles. The van der Waals surface area contributed by atoms with Crippen LogP contribution >= 0.6 is 0 Å². The molecule has 0 radical (unpaired) electrons. The van der Waals surface area contributed by atoms with Crippen LogP contribution in [-0.4, -0.2) is 52.5 Å². The monoisotopic (exact) mass is 383 g/mol. The number of amides is 1. The maximum Gasteiger partial charge on any atom is 0.223 e. The van der Waals surface area contributed by atoms with Crippen molar-refractivity contribution in [3.63, 3.8) is 0 Å². The Labute approximate surface area is 168 Å². The molecule has 1 amide bonds. The zero-order valence-electron chi connectivity index (χ0n) is 16.9. The molecule has 1 aromatic heterocycles. The van der Waals surface area contributed by atoms with E-state index in [1.54, 1.807) is 0 Å². The first-order valence-electron chi connectivity index (χ1n) is 11.5. The van der Waals surface area contributed by atoms with Gasteiger partial charge in [-0.2, -0.15) is 0 Å². The molecule has 0 N–H and O–H groups in total. The number of pyridine rings is 1. The number of nitrogens with zero attached hydrogens (tertiary/aromatic N) is 3. The predicted octanol–water partition coefficient (Wildman–Crippen LogP) is 3.87. The number of hydrogen-bond acceptors (Lipinski definition) is 4. The Kier molecular flexibility index (Phi) is 5.27. The van der Waals surface area contributed by atoms with E-state index in [2.05, 4.69) is 15.9 Å². The van der Waals surface area contributed by atoms with E-state index in [1.807, 2.05) is 6.07 Å². The van der Waals surface area contributed by atoms with Crippen LogP contribution < -0.4 is 4.74 Å². The third-order valence-corrected chi connectivity index (χ3v) is 7.35. The molecule has 0 spiro atoms. The van der Waals surface area contributed by atoms with Crippen LogP contribution in [0, 0.1) is 0 Å². The van der Waals surface area contributed by atoms with Gasteiger partial charge in [0.1, 0.15) is 6.10 Å². The average Bonchev–Trinajstić information content (AvgIpc) is 2.75. The van der Waals surface area contributed by atoms with Gasteiger partial charge in [-0.1, -0.05) is 19.3 Å². The summed E-state index contributed by atoms with van der Waals surface area (Å²) in [5, 5.41) is 0. The number of likely N-dealkylation sites (tertiary alicyclic amines) is 1. The molecule has 5 nitrogen and oxygen atoms in total. The Morgan fingerprint density at radius 1 is 0.893 bits per heavy atom. The highest BCUT2D eigenvalue weighted by Crippen LogP contribution is 2.37. The first-order valence-corrected chi connectivity index (χ1v) is 11.5. The van der Waals surface area contributed by atoms with E-state index >= 15 is 0 Å². The number of piperidine rings is 2. The molecular formula is C23H33N3O2. The van der Waals surface area contributed by atoms with Crippen LogP contribution in [-0.2, 0) is 11.2 Å². The Hall–Kier alpha value is -1.62. The van der Waals surface area contributed by atoms with Crippen LogP contribution in [0.25, 0.3) is 0 Å². The molecule has 1 unspecified atom stereocenters. The number of rotatable bonds is 3. The summed E-state index contributed by atoms with van der Waals surface area (Å²) in [7, 11) is 0. The topological polar surface area (TPSA) is 45.7 Å². The van der Waals surface area contributed by atoms with E-state index in [4.69, 9.17) is 9.72 Å². The molecule has 28 heavy (non-hydrogen) atoms. The van der Waals surface area contributed by atoms with E-state index < -0.39 is 0 Å². The molecule has 1 aliphatic carbocycles. The molecule has 152 valence electrons. The smallest absolute Gasteiger partial charge is 0.223 e. The van der Waals surface area contributed by atoms with Gasteiger partial charge in [-0.05, 0) is 50.2 Å². The molecular weight excluding hydrogens is 350 g/mol. The second-order valence-electron chi connectivity index (χ2n) is 9.08. The van der Waals surface area contributed by atoms with Crippen LogP contribution in [0.2, 0.25) is 0 Å². The van der Waals surface area contributed by atoms with Gasteiger partial charge in [0.2, 0.25) is 11.8 Å². The van der Waals surface area contributed by atoms with E-state index in [9.17, 15) is 4.79 Å². The van der Waals surface area contributed by atoms with Crippen LogP contribution in [0.15, 0.2) is 12.1 Å². The van der Waals surface area contributed by atoms with Crippen LogP contribution in [0.3, 0.4) is 0 Å². The fourth-order valence-electron chi connectivity index (χ4n) is 5.79. The summed E-state index contributed by atoms with van der Waals surface area (Å²) in [4.78, 5) is 21.8. The highest BCUT2D eigenvalue weighted by Gasteiger charge is 2.34. The van der Waals surface area contributed by atoms with E-state index in [-0.39, 0.29) is 6.04 Å². The lowest BCUT2D eigenvalue weighted by Gasteiger charge is -2.40. The second kappa shape index (κ2) is 8.02. The van der Waals surface area contributed by atoms with Crippen molar-refractivity contribution in [1.82, 2.24) is 14.8 Å². The highest BCUT2D eigenvalue weighted by molar-refractivity contribution is 5.78. The van der Waals surface area contributed by atoms with Gasteiger partial charge in [-0.15, -0.1) is 0 Å². The molecule has 1 aromatic rings. The molecule has 3 fully saturated rings. The minimum atomic E-state index is 0.241. The normalized spacial score (nSPS) is 27.4. The van der Waals surface area contributed by atoms with Crippen molar-refractivity contribution in [2.75, 3.05) is 19.6 Å². The van der Waals surface area contributed by atoms with Gasteiger partial charge in [-0.25, -0.2) is 4.98 Å². The standard InChI is InChI=1S/C23H33N3O2/c27-23-8-4-7-21-19-9-10-22(24-20(19)13-16-26(21)23)28-18-11-14-25(15-12-18)17-5-2-1-3-6-17/h9-10,17-18,21H,1-8,11-16H2. The first kappa shape index (κ1) is 18.4. The van der Waals surface area contributed by atoms with Gasteiger partial charge < -0.3 is 14.5 Å². The van der Waals surface area contributed by atoms with Crippen molar-refractivity contribution in [1.29, 1.82) is 0 Å². The number of carbonyl (C=O) groups is 1. The molecule has 4 aliphatic rings. The molecule has 2 saturated heterocycles. The molecule has 5 heteroatoms. The van der Waals surface area contributed by atoms with Crippen molar-refractivity contribution < 1.29 is 9.53 Å². The number of ether oxygens (including phenoxy) is 1. The van der Waals surface area contributed by atoms with Gasteiger partial charge in [0, 0.05) is 44.6 Å². The summed E-state index contributed by atoms with van der Waals surface area (Å²) in [6, 6.07) is 5.27. The minimum Gasteiger partial charge on any atom is -0.474 e. The zero-order valence-corrected chi connectivity index (χ0v) is 16.9. The van der Waals surface area contributed by atoms with Crippen molar-refractivity contribution >= 4 is 5.91 Å². The van der Waals surface area contributed by atoms with Crippen LogP contribution in [0.5, 0.6) is 5.88 Å². The third kappa shape index (κ3) is 3.66. The van der Waals surface area contributed by atoms with Crippen molar-refractivity contribution in [2.24, 2.45) is 0 Å². The highest BCUT2D eigenvalue weighted by atomic mass is 16.5. The summed E-state index contributed by atoms with van der Waals surface area (Å²) < 4.78 is 6.30. The summed E-state index contributed by atoms with van der Waals surface area (Å²) in [5.41, 5.74) is 2.40. The van der Waals surface area contributed by atoms with Gasteiger partial charge in [0.05, 0.1) is 11.7 Å². The molecule has 5 rings (SSSR count). The Balaban J connectivity index is 1.20. The summed E-state index contributed by atoms with van der Waals surface area (Å²) >= 11 is 0. The SMILES string of the molecule is O=C1CCCC2c3ccc(OC4CCN(C5CCCCC5)CC4)nc3CCN12. The van der Waals surface area contributed by atoms with Crippen molar-refractivity contribution in [3.05, 3.63) is 23.4 Å². The fraction of sp³-hybridized carbons (Fsp3) is 0.739. The second-order valence-corrected chi connectivity index (χ2v) is 9.08. The lowest BCUT2D eigenvalue weighted by atomic mass is 9.89. The Bertz CT molecular complexity index is 708. The third-order valence-electron chi connectivity index (χ3n) is 7.35. The van der Waals surface area contributed by atoms with E-state index in [0.29, 0.717) is 18.4 Å². The van der Waals surface area contributed by atoms with Crippen molar-refractivity contribution in [3.8, 4) is 5.88 Å². The lowest BCUT2D eigenvalue weighted by Crippen LogP contribution is -2.45. The number of fused-ring (bicyclic) bond motifs is 3.